The summed E-state index contributed by atoms with van der Waals surface area (Å²) in [7, 11) is 0. The van der Waals surface area contributed by atoms with Gasteiger partial charge in [-0.15, -0.1) is 0 Å². The van der Waals surface area contributed by atoms with Gasteiger partial charge in [-0.1, -0.05) is 68.0 Å². The van der Waals surface area contributed by atoms with E-state index in [1.54, 1.807) is 6.26 Å². The highest BCUT2D eigenvalue weighted by molar-refractivity contribution is 5.88. The van der Waals surface area contributed by atoms with Crippen molar-refractivity contribution in [3.8, 4) is 5.75 Å². The third-order valence-electron chi connectivity index (χ3n) is 5.87. The van der Waals surface area contributed by atoms with Crippen molar-refractivity contribution < 1.29 is 4.74 Å². The normalized spacial score (nSPS) is 13.8. The molecule has 162 valence electrons. The zero-order valence-electron chi connectivity index (χ0n) is 19.2. The number of hydrogen-bond acceptors (Lipinski definition) is 1. The molecule has 1 N–H and O–H groups in total. The Morgan fingerprint density at radius 3 is 2.84 bits per heavy atom. The van der Waals surface area contributed by atoms with Crippen LogP contribution in [-0.4, -0.2) is 4.98 Å². The van der Waals surface area contributed by atoms with Gasteiger partial charge in [0.1, 0.15) is 5.75 Å². The van der Waals surface area contributed by atoms with E-state index in [1.165, 1.54) is 27.7 Å². The summed E-state index contributed by atoms with van der Waals surface area (Å²) in [5.41, 5.74) is 9.31. The first-order valence-corrected chi connectivity index (χ1v) is 11.3. The molecule has 32 heavy (non-hydrogen) atoms. The van der Waals surface area contributed by atoms with Gasteiger partial charge < -0.3 is 9.72 Å². The highest BCUT2D eigenvalue weighted by Gasteiger charge is 2.12. The Morgan fingerprint density at radius 2 is 2.00 bits per heavy atom. The van der Waals surface area contributed by atoms with Gasteiger partial charge >= 0.3 is 0 Å². The number of allylic oxidation sites excluding steroid dienone is 7. The summed E-state index contributed by atoms with van der Waals surface area (Å²) in [6.07, 6.45) is 15.6. The van der Waals surface area contributed by atoms with E-state index in [0.29, 0.717) is 0 Å². The van der Waals surface area contributed by atoms with E-state index in [9.17, 15) is 0 Å². The number of nitrogens with one attached hydrogen (secondary N) is 1. The molecule has 0 bridgehead atoms. The molecule has 0 amide bonds. The predicted octanol–water partition coefficient (Wildman–Crippen LogP) is 8.32. The smallest absolute Gasteiger partial charge is 0.133 e. The minimum Gasteiger partial charge on any atom is -0.465 e. The minimum atomic E-state index is 0.872. The molecule has 0 unspecified atom stereocenters. The Balaban J connectivity index is 1.58. The number of rotatable bonds is 7. The largest absolute Gasteiger partial charge is 0.465 e. The van der Waals surface area contributed by atoms with Gasteiger partial charge in [0.25, 0.3) is 0 Å². The van der Waals surface area contributed by atoms with Crippen molar-refractivity contribution in [1.82, 2.24) is 4.98 Å². The molecule has 1 aliphatic rings. The summed E-state index contributed by atoms with van der Waals surface area (Å²) in [6.45, 7) is 10.8. The number of H-pyrrole nitrogens is 1. The number of benzene rings is 2. The minimum absolute atomic E-state index is 0.872. The summed E-state index contributed by atoms with van der Waals surface area (Å²) in [5, 5.41) is 1.29. The number of hydrogen-bond donors (Lipinski definition) is 1. The molecule has 0 saturated carbocycles. The average molecular weight is 422 g/mol. The number of aromatic amines is 1. The average Bonchev–Trinajstić information content (AvgIpc) is 3.01. The topological polar surface area (TPSA) is 25.0 Å². The Hall–Kier alpha value is -3.52. The number of unbranched alkanes of at least 4 members (excludes halogenated alkanes) is 1. The summed E-state index contributed by atoms with van der Waals surface area (Å²) in [4.78, 5) is 3.54. The molecular formula is C30H31NO. The molecule has 4 rings (SSSR count). The van der Waals surface area contributed by atoms with E-state index in [2.05, 4.69) is 99.1 Å². The Labute approximate surface area is 191 Å². The molecule has 1 heterocycles. The zero-order chi connectivity index (χ0) is 22.5. The van der Waals surface area contributed by atoms with Gasteiger partial charge in [0.2, 0.25) is 0 Å². The van der Waals surface area contributed by atoms with E-state index in [1.807, 2.05) is 6.07 Å². The van der Waals surface area contributed by atoms with Crippen LogP contribution in [0.2, 0.25) is 0 Å². The van der Waals surface area contributed by atoms with Gasteiger partial charge in [-0.05, 0) is 79.3 Å². The van der Waals surface area contributed by atoms with E-state index in [4.69, 9.17) is 4.74 Å². The van der Waals surface area contributed by atoms with Crippen LogP contribution in [0.4, 0.5) is 0 Å². The first-order chi connectivity index (χ1) is 15.6. The van der Waals surface area contributed by atoms with E-state index < -0.39 is 0 Å². The second-order valence-electron chi connectivity index (χ2n) is 8.39. The second-order valence-corrected chi connectivity index (χ2v) is 8.39. The van der Waals surface area contributed by atoms with Crippen LogP contribution in [0.1, 0.15) is 49.1 Å². The summed E-state index contributed by atoms with van der Waals surface area (Å²) < 4.78 is 5.95. The van der Waals surface area contributed by atoms with Crippen molar-refractivity contribution in [2.75, 3.05) is 0 Å². The lowest BCUT2D eigenvalue weighted by Crippen LogP contribution is -1.92. The van der Waals surface area contributed by atoms with Crippen LogP contribution < -0.4 is 4.74 Å². The Kier molecular flexibility index (Phi) is 6.61. The number of aromatic nitrogens is 1. The lowest BCUT2D eigenvalue weighted by Gasteiger charge is -2.11. The summed E-state index contributed by atoms with van der Waals surface area (Å²) >= 11 is 0. The lowest BCUT2D eigenvalue weighted by atomic mass is 9.98. The SMILES string of the molecule is C=C(/C=C(\C)c1cc(C)ccc1O/C=C/CCC)C1=CCc2c([nH]c3ccccc23)C=C1. The van der Waals surface area contributed by atoms with Gasteiger partial charge in [0, 0.05) is 22.2 Å². The predicted molar refractivity (Wildman–Crippen MR) is 138 cm³/mol. The van der Waals surface area contributed by atoms with Gasteiger partial charge in [-0.2, -0.15) is 0 Å². The van der Waals surface area contributed by atoms with Crippen LogP contribution in [0, 0.1) is 6.92 Å². The van der Waals surface area contributed by atoms with Gasteiger partial charge in [-0.25, -0.2) is 0 Å². The van der Waals surface area contributed by atoms with Crippen LogP contribution in [0.3, 0.4) is 0 Å². The van der Waals surface area contributed by atoms with Gasteiger partial charge in [-0.3, -0.25) is 0 Å². The molecule has 0 atom stereocenters. The summed E-state index contributed by atoms with van der Waals surface area (Å²) in [5.74, 6) is 0.872. The van der Waals surface area contributed by atoms with Crippen LogP contribution in [0.25, 0.3) is 22.6 Å². The molecule has 0 aliphatic heterocycles. The number of ether oxygens (including phenoxy) is 1. The molecule has 2 heteroatoms. The maximum Gasteiger partial charge on any atom is 0.133 e. The lowest BCUT2D eigenvalue weighted by molar-refractivity contribution is 0.477. The Bertz CT molecular complexity index is 1260. The van der Waals surface area contributed by atoms with Crippen LogP contribution >= 0.6 is 0 Å². The van der Waals surface area contributed by atoms with E-state index in [-0.39, 0.29) is 0 Å². The van der Waals surface area contributed by atoms with Gasteiger partial charge in [0.05, 0.1) is 6.26 Å². The molecule has 0 saturated heterocycles. The molecule has 0 spiro atoms. The second kappa shape index (κ2) is 9.74. The van der Waals surface area contributed by atoms with Crippen molar-refractivity contribution in [3.63, 3.8) is 0 Å². The first-order valence-electron chi connectivity index (χ1n) is 11.3. The van der Waals surface area contributed by atoms with Crippen LogP contribution in [-0.2, 0) is 6.42 Å². The fourth-order valence-corrected chi connectivity index (χ4v) is 4.11. The number of para-hydroxylation sites is 1. The summed E-state index contributed by atoms with van der Waals surface area (Å²) in [6, 6.07) is 14.8. The van der Waals surface area contributed by atoms with Crippen LogP contribution in [0.15, 0.2) is 90.8 Å². The van der Waals surface area contributed by atoms with Crippen LogP contribution in [0.5, 0.6) is 5.75 Å². The molecule has 2 nitrogen and oxygen atoms in total. The molecule has 1 aromatic heterocycles. The molecule has 1 aliphatic carbocycles. The quantitative estimate of drug-likeness (QED) is 0.301. The molecule has 3 aromatic rings. The monoisotopic (exact) mass is 421 g/mol. The van der Waals surface area contributed by atoms with Crippen molar-refractivity contribution in [2.24, 2.45) is 0 Å². The van der Waals surface area contributed by atoms with Gasteiger partial charge in [0.15, 0.2) is 0 Å². The molecule has 0 radical (unpaired) electrons. The van der Waals surface area contributed by atoms with Crippen molar-refractivity contribution in [1.29, 1.82) is 0 Å². The highest BCUT2D eigenvalue weighted by Crippen LogP contribution is 2.31. The molecule has 2 aromatic carbocycles. The maximum atomic E-state index is 5.95. The zero-order valence-corrected chi connectivity index (χ0v) is 19.2. The molecular weight excluding hydrogens is 390 g/mol. The fraction of sp³-hybridized carbons (Fsp3) is 0.200. The number of aryl methyl sites for hydroxylation is 1. The van der Waals surface area contributed by atoms with E-state index >= 15 is 0 Å². The Morgan fingerprint density at radius 1 is 1.16 bits per heavy atom. The molecule has 0 fully saturated rings. The third kappa shape index (κ3) is 4.70. The first kappa shape index (κ1) is 21.7. The number of fused-ring (bicyclic) bond motifs is 3. The maximum absolute atomic E-state index is 5.95. The highest BCUT2D eigenvalue weighted by atomic mass is 16.5. The van der Waals surface area contributed by atoms with Crippen molar-refractivity contribution in [2.45, 2.75) is 40.0 Å². The fourth-order valence-electron chi connectivity index (χ4n) is 4.11. The van der Waals surface area contributed by atoms with E-state index in [0.717, 1.165) is 47.3 Å². The third-order valence-corrected chi connectivity index (χ3v) is 5.87. The standard InChI is InChI=1S/C30H31NO/c1-5-6-9-18-32-30-17-12-21(2)19-27(30)23(4)20-22(3)24-13-15-26-25-10-7-8-11-28(25)31-29(26)16-14-24/h7-14,16-20,31H,3,5-6,15H2,1-2,4H3/b18-9+,23-20+. The van der Waals surface area contributed by atoms with Crippen molar-refractivity contribution in [3.05, 3.63) is 113 Å². The van der Waals surface area contributed by atoms with Crippen molar-refractivity contribution >= 4 is 22.6 Å².